The lowest BCUT2D eigenvalue weighted by Gasteiger charge is -2.07. The Hall–Kier alpha value is -2.48. The van der Waals surface area contributed by atoms with Gasteiger partial charge < -0.3 is 0 Å². The number of hydrogen-bond donors (Lipinski definition) is 0. The molecule has 0 amide bonds. The molecule has 0 heterocycles. The molecule has 3 aromatic carbocycles. The van der Waals surface area contributed by atoms with Gasteiger partial charge in [-0.05, 0) is 41.2 Å². The molecule has 0 N–H and O–H groups in total. The fourth-order valence-corrected chi connectivity index (χ4v) is 3.01. The normalized spacial score (nSPS) is 10.8. The lowest BCUT2D eigenvalue weighted by atomic mass is 9.98. The molecule has 0 radical (unpaired) electrons. The Morgan fingerprint density at radius 1 is 0.680 bits per heavy atom. The molecule has 0 saturated carbocycles. The van der Waals surface area contributed by atoms with E-state index in [9.17, 15) is 8.78 Å². The van der Waals surface area contributed by atoms with Crippen LogP contribution in [0.1, 0.15) is 31.7 Å². The number of aryl methyl sites for hydroxylation is 1. The first-order valence-electron chi connectivity index (χ1n) is 8.83. The van der Waals surface area contributed by atoms with Gasteiger partial charge in [0.15, 0.2) is 11.6 Å². The van der Waals surface area contributed by atoms with Crippen LogP contribution in [0.15, 0.2) is 66.7 Å². The van der Waals surface area contributed by atoms with Crippen LogP contribution in [-0.2, 0) is 6.42 Å². The van der Waals surface area contributed by atoms with E-state index in [2.05, 4.69) is 31.2 Å². The summed E-state index contributed by atoms with van der Waals surface area (Å²) in [6.45, 7) is 2.21. The highest BCUT2D eigenvalue weighted by Crippen LogP contribution is 2.28. The van der Waals surface area contributed by atoms with Crippen molar-refractivity contribution in [3.8, 4) is 22.3 Å². The average Bonchev–Trinajstić information content (AvgIpc) is 2.65. The summed E-state index contributed by atoms with van der Waals surface area (Å²) in [5.74, 6) is -1.62. The Morgan fingerprint density at radius 2 is 1.28 bits per heavy atom. The predicted molar refractivity (Wildman–Crippen MR) is 100 cm³/mol. The van der Waals surface area contributed by atoms with Crippen LogP contribution >= 0.6 is 0 Å². The molecule has 3 aromatic rings. The van der Waals surface area contributed by atoms with Crippen LogP contribution in [0.5, 0.6) is 0 Å². The average molecular weight is 336 g/mol. The van der Waals surface area contributed by atoms with Crippen molar-refractivity contribution in [2.75, 3.05) is 0 Å². The van der Waals surface area contributed by atoms with E-state index in [0.717, 1.165) is 23.6 Å². The van der Waals surface area contributed by atoms with Crippen molar-refractivity contribution in [2.24, 2.45) is 0 Å². The zero-order valence-electron chi connectivity index (χ0n) is 14.4. The lowest BCUT2D eigenvalue weighted by Crippen LogP contribution is -1.89. The Labute approximate surface area is 148 Å². The smallest absolute Gasteiger partial charge is 0.166 e. The van der Waals surface area contributed by atoms with E-state index < -0.39 is 11.6 Å². The molecule has 0 spiro atoms. The third kappa shape index (κ3) is 4.14. The van der Waals surface area contributed by atoms with Gasteiger partial charge in [-0.25, -0.2) is 8.78 Å². The first kappa shape index (κ1) is 17.3. The number of halogens is 2. The summed E-state index contributed by atoms with van der Waals surface area (Å²) < 4.78 is 27.3. The number of hydrogen-bond acceptors (Lipinski definition) is 0. The van der Waals surface area contributed by atoms with E-state index in [1.165, 1.54) is 30.9 Å². The van der Waals surface area contributed by atoms with Gasteiger partial charge >= 0.3 is 0 Å². The van der Waals surface area contributed by atoms with Crippen LogP contribution in [-0.4, -0.2) is 0 Å². The largest absolute Gasteiger partial charge is 0.204 e. The van der Waals surface area contributed by atoms with Crippen LogP contribution in [0.25, 0.3) is 22.3 Å². The van der Waals surface area contributed by atoms with Gasteiger partial charge in [-0.15, -0.1) is 0 Å². The van der Waals surface area contributed by atoms with Crippen molar-refractivity contribution < 1.29 is 8.78 Å². The van der Waals surface area contributed by atoms with Gasteiger partial charge in [0.2, 0.25) is 0 Å². The molecule has 3 rings (SSSR count). The third-order valence-electron chi connectivity index (χ3n) is 4.50. The van der Waals surface area contributed by atoms with Gasteiger partial charge in [-0.2, -0.15) is 0 Å². The molecular formula is C23H22F2. The fourth-order valence-electron chi connectivity index (χ4n) is 3.01. The van der Waals surface area contributed by atoms with Crippen molar-refractivity contribution in [3.05, 3.63) is 83.9 Å². The molecule has 0 aliphatic carbocycles. The molecule has 0 saturated heterocycles. The van der Waals surface area contributed by atoms with Crippen LogP contribution in [0, 0.1) is 11.6 Å². The number of rotatable bonds is 6. The second kappa shape index (κ2) is 8.06. The monoisotopic (exact) mass is 336 g/mol. The molecule has 0 aromatic heterocycles. The highest BCUT2D eigenvalue weighted by Gasteiger charge is 2.09. The van der Waals surface area contributed by atoms with Crippen LogP contribution in [0.3, 0.4) is 0 Å². The van der Waals surface area contributed by atoms with Crippen molar-refractivity contribution in [3.63, 3.8) is 0 Å². The van der Waals surface area contributed by atoms with E-state index in [0.29, 0.717) is 5.56 Å². The molecule has 0 nitrogen and oxygen atoms in total. The zero-order valence-corrected chi connectivity index (χ0v) is 14.4. The van der Waals surface area contributed by atoms with E-state index in [4.69, 9.17) is 0 Å². The summed E-state index contributed by atoms with van der Waals surface area (Å²) in [6.07, 6.45) is 4.84. The first-order chi connectivity index (χ1) is 12.2. The Morgan fingerprint density at radius 3 is 1.92 bits per heavy atom. The molecule has 128 valence electrons. The van der Waals surface area contributed by atoms with E-state index in [1.807, 2.05) is 24.3 Å². The van der Waals surface area contributed by atoms with Crippen molar-refractivity contribution in [1.29, 1.82) is 0 Å². The summed E-state index contributed by atoms with van der Waals surface area (Å²) in [7, 11) is 0. The Bertz CT molecular complexity index is 818. The minimum absolute atomic E-state index is 0.290. The SMILES string of the molecule is CCCCCc1ccc(-c2ccc(-c3cccc(F)c3F)cc2)cc1. The first-order valence-corrected chi connectivity index (χ1v) is 8.83. The lowest BCUT2D eigenvalue weighted by molar-refractivity contribution is 0.511. The second-order valence-electron chi connectivity index (χ2n) is 6.33. The molecular weight excluding hydrogens is 314 g/mol. The predicted octanol–water partition coefficient (Wildman–Crippen LogP) is 7.03. The Kier molecular flexibility index (Phi) is 5.60. The molecule has 25 heavy (non-hydrogen) atoms. The summed E-state index contributed by atoms with van der Waals surface area (Å²) in [6, 6.07) is 20.4. The maximum Gasteiger partial charge on any atom is 0.166 e. The number of benzene rings is 3. The quantitative estimate of drug-likeness (QED) is 0.424. The summed E-state index contributed by atoms with van der Waals surface area (Å²) in [5, 5.41) is 0. The van der Waals surface area contributed by atoms with Crippen LogP contribution in [0.2, 0.25) is 0 Å². The molecule has 0 aliphatic heterocycles. The minimum atomic E-state index is -0.819. The molecule has 2 heteroatoms. The van der Waals surface area contributed by atoms with Gasteiger partial charge in [0, 0.05) is 5.56 Å². The molecule has 0 unspecified atom stereocenters. The van der Waals surface area contributed by atoms with Gasteiger partial charge in [-0.3, -0.25) is 0 Å². The van der Waals surface area contributed by atoms with Gasteiger partial charge in [-0.1, -0.05) is 80.4 Å². The highest BCUT2D eigenvalue weighted by atomic mass is 19.2. The van der Waals surface area contributed by atoms with Gasteiger partial charge in [0.1, 0.15) is 0 Å². The fraction of sp³-hybridized carbons (Fsp3) is 0.217. The Balaban J connectivity index is 1.77. The summed E-state index contributed by atoms with van der Waals surface area (Å²) >= 11 is 0. The highest BCUT2D eigenvalue weighted by molar-refractivity contribution is 5.70. The summed E-state index contributed by atoms with van der Waals surface area (Å²) in [5.41, 5.74) is 4.52. The van der Waals surface area contributed by atoms with Crippen molar-refractivity contribution in [2.45, 2.75) is 32.6 Å². The van der Waals surface area contributed by atoms with E-state index in [-0.39, 0.29) is 5.56 Å². The van der Waals surface area contributed by atoms with E-state index in [1.54, 1.807) is 6.07 Å². The second-order valence-corrected chi connectivity index (χ2v) is 6.33. The van der Waals surface area contributed by atoms with Crippen LogP contribution in [0.4, 0.5) is 8.78 Å². The standard InChI is InChI=1S/C23H22F2/c1-2-3-4-6-17-9-11-18(12-10-17)19-13-15-20(16-14-19)21-7-5-8-22(24)23(21)25/h5,7-16H,2-4,6H2,1H3. The minimum Gasteiger partial charge on any atom is -0.204 e. The zero-order chi connectivity index (χ0) is 17.6. The molecule has 0 bridgehead atoms. The van der Waals surface area contributed by atoms with Crippen LogP contribution < -0.4 is 0 Å². The maximum absolute atomic E-state index is 13.9. The topological polar surface area (TPSA) is 0 Å². The third-order valence-corrected chi connectivity index (χ3v) is 4.50. The van der Waals surface area contributed by atoms with Crippen molar-refractivity contribution >= 4 is 0 Å². The van der Waals surface area contributed by atoms with Crippen molar-refractivity contribution in [1.82, 2.24) is 0 Å². The number of unbranched alkanes of at least 4 members (excludes halogenated alkanes) is 2. The maximum atomic E-state index is 13.9. The summed E-state index contributed by atoms with van der Waals surface area (Å²) in [4.78, 5) is 0. The van der Waals surface area contributed by atoms with Gasteiger partial charge in [0.25, 0.3) is 0 Å². The molecule has 0 atom stereocenters. The molecule has 0 aliphatic rings. The molecule has 0 fully saturated rings. The van der Waals surface area contributed by atoms with Gasteiger partial charge in [0.05, 0.1) is 0 Å². The van der Waals surface area contributed by atoms with E-state index >= 15 is 0 Å².